The molecule has 2 aliphatic heterocycles. The number of nitriles is 3. The van der Waals surface area contributed by atoms with Gasteiger partial charge >= 0.3 is 0 Å². The Morgan fingerprint density at radius 3 is 1.61 bits per heavy atom. The highest BCUT2D eigenvalue weighted by Gasteiger charge is 2.38. The Balaban J connectivity index is 1.55. The van der Waals surface area contributed by atoms with Crippen molar-refractivity contribution in [1.29, 1.82) is 15.8 Å². The number of ether oxygens (including phenoxy) is 1. The van der Waals surface area contributed by atoms with Crippen LogP contribution in [-0.2, 0) is 4.74 Å². The second-order valence-electron chi connectivity index (χ2n) is 14.5. The minimum Gasteiger partial charge on any atom is -0.480 e. The average molecular weight is 739 g/mol. The lowest BCUT2D eigenvalue weighted by Gasteiger charge is -2.35. The molecule has 54 heavy (non-hydrogen) atoms. The average Bonchev–Trinajstić information content (AvgIpc) is 3.45. The third-order valence-corrected chi connectivity index (χ3v) is 11.2. The highest BCUT2D eigenvalue weighted by molar-refractivity contribution is 7.99. The molecule has 2 aliphatic rings. The first kappa shape index (κ1) is 40.1. The number of unbranched alkanes of at least 4 members (excludes halogenated alkanes) is 4. The Bertz CT molecular complexity index is 1900. The molecule has 3 aromatic carbocycles. The third kappa shape index (κ3) is 8.98. The summed E-state index contributed by atoms with van der Waals surface area (Å²) in [6.07, 6.45) is 13.2. The summed E-state index contributed by atoms with van der Waals surface area (Å²) in [5, 5.41) is 28.9. The van der Waals surface area contributed by atoms with E-state index >= 15 is 0 Å². The highest BCUT2D eigenvalue weighted by atomic mass is 32.2. The van der Waals surface area contributed by atoms with Gasteiger partial charge in [0.05, 0.1) is 11.4 Å². The fraction of sp³-hybridized carbons (Fsp3) is 0.413. The Morgan fingerprint density at radius 2 is 1.19 bits per heavy atom. The van der Waals surface area contributed by atoms with Crippen LogP contribution in [0.3, 0.4) is 0 Å². The SMILES string of the molecule is CCCCN(CCCC)c1ccc2c(c1)Sc1cc(N(CCCC)CCCC)ccc1N2c1ccc(/C=C/C2=C(C#N)C(=C(C#N)C#N)OC2(C)C)cc1. The van der Waals surface area contributed by atoms with Gasteiger partial charge in [-0.1, -0.05) is 89.4 Å². The van der Waals surface area contributed by atoms with Crippen LogP contribution in [0.1, 0.15) is 98.5 Å². The van der Waals surface area contributed by atoms with Gasteiger partial charge in [0, 0.05) is 58.6 Å². The number of hydrogen-bond donors (Lipinski definition) is 0. The molecule has 0 saturated carbocycles. The summed E-state index contributed by atoms with van der Waals surface area (Å²) in [5.41, 5.74) is 6.73. The molecule has 0 unspecified atom stereocenters. The first-order chi connectivity index (χ1) is 26.2. The maximum Gasteiger partial charge on any atom is 0.172 e. The standard InChI is InChI=1S/C46H54N6OS/c1-7-11-25-50(26-12-8-2)37-20-23-41-43(29-37)54-44-30-38(51(27-13-9-3)28-14-10-4)21-24-42(44)52(41)36-18-15-34(16-19-36)17-22-40-39(33-49)45(35(31-47)32-48)53-46(40,5)6/h15-24,29-30H,7-14,25-28H2,1-6H3/b22-17+. The zero-order valence-electron chi connectivity index (χ0n) is 32.9. The van der Waals surface area contributed by atoms with Crippen molar-refractivity contribution >= 4 is 46.3 Å². The lowest BCUT2D eigenvalue weighted by molar-refractivity contribution is 0.0954. The number of nitrogens with zero attached hydrogens (tertiary/aromatic N) is 6. The van der Waals surface area contributed by atoms with Crippen molar-refractivity contribution in [2.75, 3.05) is 40.9 Å². The van der Waals surface area contributed by atoms with Crippen molar-refractivity contribution in [3.63, 3.8) is 0 Å². The van der Waals surface area contributed by atoms with Gasteiger partial charge < -0.3 is 19.4 Å². The molecule has 0 atom stereocenters. The van der Waals surface area contributed by atoms with Crippen LogP contribution >= 0.6 is 11.8 Å². The van der Waals surface area contributed by atoms with E-state index in [0.29, 0.717) is 5.57 Å². The molecule has 0 fully saturated rings. The first-order valence-corrected chi connectivity index (χ1v) is 20.5. The zero-order chi connectivity index (χ0) is 38.7. The van der Waals surface area contributed by atoms with Gasteiger partial charge in [0.25, 0.3) is 0 Å². The van der Waals surface area contributed by atoms with Crippen LogP contribution in [0.25, 0.3) is 6.08 Å². The normalized spacial score (nSPS) is 14.2. The minimum atomic E-state index is -0.863. The third-order valence-electron chi connectivity index (χ3n) is 10.1. The molecule has 8 heteroatoms. The van der Waals surface area contributed by atoms with Crippen molar-refractivity contribution in [2.45, 2.75) is 108 Å². The van der Waals surface area contributed by atoms with Crippen molar-refractivity contribution in [1.82, 2.24) is 0 Å². The molecule has 0 aliphatic carbocycles. The quantitative estimate of drug-likeness (QED) is 0.0989. The van der Waals surface area contributed by atoms with E-state index in [1.165, 1.54) is 83.9 Å². The van der Waals surface area contributed by atoms with E-state index in [1.54, 1.807) is 0 Å². The van der Waals surface area contributed by atoms with Crippen molar-refractivity contribution in [3.8, 4) is 18.2 Å². The molecule has 5 rings (SSSR count). The van der Waals surface area contributed by atoms with E-state index in [9.17, 15) is 15.8 Å². The number of hydrogen-bond acceptors (Lipinski definition) is 8. The molecule has 280 valence electrons. The predicted molar refractivity (Wildman–Crippen MR) is 224 cm³/mol. The number of benzene rings is 3. The Kier molecular flexibility index (Phi) is 13.9. The summed E-state index contributed by atoms with van der Waals surface area (Å²) in [7, 11) is 0. The monoisotopic (exact) mass is 738 g/mol. The highest BCUT2D eigenvalue weighted by Crippen LogP contribution is 2.53. The lowest BCUT2D eigenvalue weighted by Crippen LogP contribution is -2.26. The summed E-state index contributed by atoms with van der Waals surface area (Å²) >= 11 is 1.88. The summed E-state index contributed by atoms with van der Waals surface area (Å²) in [6, 6.07) is 28.4. The molecule has 0 N–H and O–H groups in total. The Labute approximate surface area is 327 Å². The van der Waals surface area contributed by atoms with E-state index < -0.39 is 5.60 Å². The molecule has 0 aromatic heterocycles. The molecule has 0 radical (unpaired) electrons. The molecule has 7 nitrogen and oxygen atoms in total. The molecule has 3 aromatic rings. The molecule has 0 spiro atoms. The van der Waals surface area contributed by atoms with Gasteiger partial charge in [0.2, 0.25) is 0 Å². The van der Waals surface area contributed by atoms with Crippen molar-refractivity contribution < 1.29 is 4.74 Å². The van der Waals surface area contributed by atoms with Crippen LogP contribution in [-0.4, -0.2) is 31.8 Å². The van der Waals surface area contributed by atoms with Gasteiger partial charge in [0.1, 0.15) is 29.4 Å². The van der Waals surface area contributed by atoms with Crippen LogP contribution in [0.4, 0.5) is 28.4 Å². The smallest absolute Gasteiger partial charge is 0.172 e. The van der Waals surface area contributed by atoms with Gasteiger partial charge in [-0.3, -0.25) is 0 Å². The maximum absolute atomic E-state index is 9.98. The van der Waals surface area contributed by atoms with Crippen molar-refractivity contribution in [2.24, 2.45) is 0 Å². The van der Waals surface area contributed by atoms with Crippen LogP contribution < -0.4 is 14.7 Å². The largest absolute Gasteiger partial charge is 0.480 e. The molecule has 0 saturated heterocycles. The van der Waals surface area contributed by atoms with Gasteiger partial charge in [-0.15, -0.1) is 0 Å². The summed E-state index contributed by atoms with van der Waals surface area (Å²) in [4.78, 5) is 10.0. The van der Waals surface area contributed by atoms with Gasteiger partial charge in [-0.05, 0) is 93.6 Å². The fourth-order valence-electron chi connectivity index (χ4n) is 6.99. The first-order valence-electron chi connectivity index (χ1n) is 19.7. The van der Waals surface area contributed by atoms with E-state index in [1.807, 2.05) is 49.9 Å². The summed E-state index contributed by atoms with van der Waals surface area (Å²) in [5.74, 6) is 0.0480. The van der Waals surface area contributed by atoms with E-state index in [4.69, 9.17) is 4.74 Å². The van der Waals surface area contributed by atoms with E-state index in [-0.39, 0.29) is 16.9 Å². The number of allylic oxidation sites excluding steroid dienone is 2. The second-order valence-corrected chi connectivity index (χ2v) is 15.6. The summed E-state index contributed by atoms with van der Waals surface area (Å²) in [6.45, 7) is 17.0. The zero-order valence-corrected chi connectivity index (χ0v) is 33.7. The lowest BCUT2D eigenvalue weighted by atomic mass is 9.94. The maximum atomic E-state index is 9.98. The molecule has 2 heterocycles. The van der Waals surface area contributed by atoms with Crippen molar-refractivity contribution in [3.05, 3.63) is 94.8 Å². The second kappa shape index (κ2) is 18.8. The van der Waals surface area contributed by atoms with Gasteiger partial charge in [-0.25, -0.2) is 0 Å². The van der Waals surface area contributed by atoms with Gasteiger partial charge in [-0.2, -0.15) is 15.8 Å². The van der Waals surface area contributed by atoms with Crippen LogP contribution in [0.2, 0.25) is 0 Å². The van der Waals surface area contributed by atoms with Crippen LogP contribution in [0.15, 0.2) is 99.0 Å². The predicted octanol–water partition coefficient (Wildman–Crippen LogP) is 12.4. The van der Waals surface area contributed by atoms with Crippen LogP contribution in [0, 0.1) is 34.0 Å². The molecular formula is C46H54N6OS. The Hall–Kier alpha value is -5.10. The summed E-state index contributed by atoms with van der Waals surface area (Å²) < 4.78 is 5.96. The fourth-order valence-corrected chi connectivity index (χ4v) is 8.11. The van der Waals surface area contributed by atoms with Crippen LogP contribution in [0.5, 0.6) is 0 Å². The number of fused-ring (bicyclic) bond motifs is 2. The number of anilines is 5. The number of rotatable bonds is 17. The molecule has 0 amide bonds. The van der Waals surface area contributed by atoms with Gasteiger partial charge in [0.15, 0.2) is 11.3 Å². The molecule has 0 bridgehead atoms. The molecular weight excluding hydrogens is 685 g/mol. The minimum absolute atomic E-state index is 0.0480. The van der Waals surface area contributed by atoms with E-state index in [0.717, 1.165) is 37.4 Å². The topological polar surface area (TPSA) is 90.3 Å². The van der Waals surface area contributed by atoms with E-state index in [2.05, 4.69) is 109 Å². The Morgan fingerprint density at radius 1 is 0.704 bits per heavy atom.